The van der Waals surface area contributed by atoms with Crippen LogP contribution in [0.4, 0.5) is 5.69 Å². The molecule has 1 atom stereocenters. The molecule has 0 saturated heterocycles. The molecule has 15 heavy (non-hydrogen) atoms. The van der Waals surface area contributed by atoms with Crippen molar-refractivity contribution in [1.82, 2.24) is 0 Å². The van der Waals surface area contributed by atoms with E-state index >= 15 is 0 Å². The molecule has 0 amide bonds. The average Bonchev–Trinajstić information content (AvgIpc) is 2.15. The highest BCUT2D eigenvalue weighted by Crippen LogP contribution is 2.23. The molecule has 0 heterocycles. The van der Waals surface area contributed by atoms with Crippen LogP contribution in [-0.2, 0) is 9.84 Å². The van der Waals surface area contributed by atoms with E-state index < -0.39 is 9.84 Å². The number of nitrogen functional groups attached to an aromatic ring is 1. The molecule has 0 fully saturated rings. The Labute approximate surface area is 90.2 Å². The van der Waals surface area contributed by atoms with E-state index in [4.69, 9.17) is 11.5 Å². The summed E-state index contributed by atoms with van der Waals surface area (Å²) in [4.78, 5) is 0.181. The second-order valence-corrected chi connectivity index (χ2v) is 5.69. The third-order valence-corrected chi connectivity index (χ3v) is 3.51. The Morgan fingerprint density at radius 3 is 2.47 bits per heavy atom. The van der Waals surface area contributed by atoms with Crippen molar-refractivity contribution in [2.75, 3.05) is 18.5 Å². The van der Waals surface area contributed by atoms with E-state index in [1.165, 1.54) is 0 Å². The summed E-state index contributed by atoms with van der Waals surface area (Å²) >= 11 is 0. The maximum absolute atomic E-state index is 11.4. The van der Waals surface area contributed by atoms with E-state index in [9.17, 15) is 8.42 Å². The first kappa shape index (κ1) is 12.0. The molecule has 4 N–H and O–H groups in total. The Morgan fingerprint density at radius 1 is 1.40 bits per heavy atom. The van der Waals surface area contributed by atoms with Gasteiger partial charge in [-0.3, -0.25) is 0 Å². The van der Waals surface area contributed by atoms with Gasteiger partial charge in [-0.05, 0) is 30.2 Å². The molecule has 1 unspecified atom stereocenters. The topological polar surface area (TPSA) is 86.2 Å². The normalized spacial score (nSPS) is 13.8. The minimum atomic E-state index is -3.26. The number of rotatable bonds is 3. The van der Waals surface area contributed by atoms with Crippen LogP contribution in [0.15, 0.2) is 23.1 Å². The molecule has 0 spiro atoms. The zero-order valence-corrected chi connectivity index (χ0v) is 9.71. The van der Waals surface area contributed by atoms with Crippen molar-refractivity contribution in [1.29, 1.82) is 0 Å². The maximum Gasteiger partial charge on any atom is 0.177 e. The maximum atomic E-state index is 11.4. The molecule has 0 aliphatic carbocycles. The highest BCUT2D eigenvalue weighted by atomic mass is 32.2. The van der Waals surface area contributed by atoms with Gasteiger partial charge in [-0.25, -0.2) is 8.42 Å². The lowest BCUT2D eigenvalue weighted by Crippen LogP contribution is -2.10. The first-order valence-corrected chi connectivity index (χ1v) is 6.55. The van der Waals surface area contributed by atoms with Crippen LogP contribution in [0, 0.1) is 0 Å². The van der Waals surface area contributed by atoms with Crippen molar-refractivity contribution in [2.45, 2.75) is 17.7 Å². The number of anilines is 1. The molecule has 1 rings (SSSR count). The summed E-state index contributed by atoms with van der Waals surface area (Å²) in [5.41, 5.74) is 12.3. The lowest BCUT2D eigenvalue weighted by atomic mass is 10.0. The fourth-order valence-corrected chi connectivity index (χ4v) is 2.16. The van der Waals surface area contributed by atoms with Gasteiger partial charge in [0.2, 0.25) is 0 Å². The summed E-state index contributed by atoms with van der Waals surface area (Å²) in [6, 6.07) is 5.02. The third kappa shape index (κ3) is 2.70. The van der Waals surface area contributed by atoms with Crippen LogP contribution < -0.4 is 11.5 Å². The number of hydrogen-bond acceptors (Lipinski definition) is 4. The predicted octanol–water partition coefficient (Wildman–Crippen LogP) is 0.735. The van der Waals surface area contributed by atoms with E-state index in [1.807, 2.05) is 13.0 Å². The highest BCUT2D eigenvalue weighted by molar-refractivity contribution is 7.90. The summed E-state index contributed by atoms with van der Waals surface area (Å²) in [5.74, 6) is 0.131. The molecule has 4 nitrogen and oxygen atoms in total. The van der Waals surface area contributed by atoms with Gasteiger partial charge in [-0.1, -0.05) is 13.0 Å². The number of hydrogen-bond donors (Lipinski definition) is 2. The molecule has 0 aliphatic rings. The number of nitrogens with two attached hydrogens (primary N) is 2. The molecule has 1 aromatic carbocycles. The molecule has 0 radical (unpaired) electrons. The van der Waals surface area contributed by atoms with Crippen LogP contribution in [0.5, 0.6) is 0 Å². The summed E-state index contributed by atoms with van der Waals surface area (Å²) in [7, 11) is -3.26. The van der Waals surface area contributed by atoms with Crippen molar-refractivity contribution in [3.8, 4) is 0 Å². The van der Waals surface area contributed by atoms with E-state index in [-0.39, 0.29) is 16.5 Å². The van der Waals surface area contributed by atoms with Gasteiger partial charge in [0, 0.05) is 6.26 Å². The standard InChI is InChI=1S/C10H16N2O2S/c1-7(6-11)8-3-4-9(12)10(5-8)15(2,13)14/h3-5,7H,6,11-12H2,1-2H3. The molecular weight excluding hydrogens is 212 g/mol. The summed E-state index contributed by atoms with van der Waals surface area (Å²) in [6.45, 7) is 2.42. The molecular formula is C10H16N2O2S. The molecule has 0 aliphatic heterocycles. The van der Waals surface area contributed by atoms with Gasteiger partial charge in [0.15, 0.2) is 9.84 Å². The van der Waals surface area contributed by atoms with Gasteiger partial charge < -0.3 is 11.5 Å². The zero-order chi connectivity index (χ0) is 11.6. The number of benzene rings is 1. The quantitative estimate of drug-likeness (QED) is 0.747. The highest BCUT2D eigenvalue weighted by Gasteiger charge is 2.13. The minimum absolute atomic E-state index is 0.131. The molecule has 1 aromatic rings. The lowest BCUT2D eigenvalue weighted by molar-refractivity contribution is 0.602. The predicted molar refractivity (Wildman–Crippen MR) is 61.4 cm³/mol. The summed E-state index contributed by atoms with van der Waals surface area (Å²) < 4.78 is 22.8. The van der Waals surface area contributed by atoms with Crippen molar-refractivity contribution in [2.24, 2.45) is 5.73 Å². The van der Waals surface area contributed by atoms with Gasteiger partial charge in [0.25, 0.3) is 0 Å². The van der Waals surface area contributed by atoms with Crippen LogP contribution in [0.1, 0.15) is 18.4 Å². The zero-order valence-electron chi connectivity index (χ0n) is 8.90. The Kier molecular flexibility index (Phi) is 3.36. The van der Waals surface area contributed by atoms with Gasteiger partial charge in [-0.15, -0.1) is 0 Å². The van der Waals surface area contributed by atoms with Crippen LogP contribution in [0.25, 0.3) is 0 Å². The Morgan fingerprint density at radius 2 is 2.00 bits per heavy atom. The van der Waals surface area contributed by atoms with E-state index in [0.717, 1.165) is 11.8 Å². The monoisotopic (exact) mass is 228 g/mol. The summed E-state index contributed by atoms with van der Waals surface area (Å²) in [5, 5.41) is 0. The largest absolute Gasteiger partial charge is 0.398 e. The summed E-state index contributed by atoms with van der Waals surface area (Å²) in [6.07, 6.45) is 1.15. The van der Waals surface area contributed by atoms with E-state index in [0.29, 0.717) is 6.54 Å². The number of sulfone groups is 1. The van der Waals surface area contributed by atoms with Gasteiger partial charge in [-0.2, -0.15) is 0 Å². The average molecular weight is 228 g/mol. The van der Waals surface area contributed by atoms with E-state index in [1.54, 1.807) is 12.1 Å². The molecule has 0 saturated carbocycles. The fraction of sp³-hybridized carbons (Fsp3) is 0.400. The second-order valence-electron chi connectivity index (χ2n) is 3.71. The molecule has 0 bridgehead atoms. The van der Waals surface area contributed by atoms with Crippen LogP contribution in [0.3, 0.4) is 0 Å². The first-order valence-electron chi connectivity index (χ1n) is 4.65. The van der Waals surface area contributed by atoms with Crippen LogP contribution >= 0.6 is 0 Å². The Bertz CT molecular complexity index is 454. The van der Waals surface area contributed by atoms with Gasteiger partial charge >= 0.3 is 0 Å². The molecule has 5 heteroatoms. The van der Waals surface area contributed by atoms with Crippen molar-refractivity contribution >= 4 is 15.5 Å². The fourth-order valence-electron chi connectivity index (χ4n) is 1.31. The lowest BCUT2D eigenvalue weighted by Gasteiger charge is -2.11. The van der Waals surface area contributed by atoms with Crippen molar-refractivity contribution in [3.63, 3.8) is 0 Å². The van der Waals surface area contributed by atoms with Crippen molar-refractivity contribution in [3.05, 3.63) is 23.8 Å². The Hall–Kier alpha value is -1.07. The van der Waals surface area contributed by atoms with Gasteiger partial charge in [0.1, 0.15) is 0 Å². The molecule has 0 aromatic heterocycles. The van der Waals surface area contributed by atoms with Crippen LogP contribution in [-0.4, -0.2) is 21.2 Å². The smallest absolute Gasteiger partial charge is 0.177 e. The molecule has 84 valence electrons. The second kappa shape index (κ2) is 4.20. The minimum Gasteiger partial charge on any atom is -0.398 e. The third-order valence-electron chi connectivity index (χ3n) is 2.36. The van der Waals surface area contributed by atoms with Crippen molar-refractivity contribution < 1.29 is 8.42 Å². The first-order chi connectivity index (χ1) is 6.86. The Balaban J connectivity index is 3.29. The van der Waals surface area contributed by atoms with Gasteiger partial charge in [0.05, 0.1) is 10.6 Å². The SMILES string of the molecule is CC(CN)c1ccc(N)c(S(C)(=O)=O)c1. The van der Waals surface area contributed by atoms with E-state index in [2.05, 4.69) is 0 Å². The van der Waals surface area contributed by atoms with Crippen LogP contribution in [0.2, 0.25) is 0 Å².